The van der Waals surface area contributed by atoms with E-state index in [1.165, 1.54) is 6.07 Å². The highest BCUT2D eigenvalue weighted by atomic mass is 16.4. The average Bonchev–Trinajstić information content (AvgIpc) is 2.39. The van der Waals surface area contributed by atoms with Gasteiger partial charge in [0.1, 0.15) is 11.3 Å². The van der Waals surface area contributed by atoms with Crippen LogP contribution in [-0.2, 0) is 0 Å². The molecule has 0 bridgehead atoms. The van der Waals surface area contributed by atoms with Gasteiger partial charge in [0.05, 0.1) is 5.56 Å². The van der Waals surface area contributed by atoms with Gasteiger partial charge in [-0.15, -0.1) is 0 Å². The molecule has 2 rings (SSSR count). The van der Waals surface area contributed by atoms with E-state index in [2.05, 4.69) is 0 Å². The molecule has 3 N–H and O–H groups in total. The van der Waals surface area contributed by atoms with Gasteiger partial charge in [-0.2, -0.15) is 0 Å². The van der Waals surface area contributed by atoms with Gasteiger partial charge in [-0.05, 0) is 17.7 Å². The topological polar surface area (TPSA) is 94.8 Å². The normalized spacial score (nSPS) is 10.1. The standard InChI is InChI=1S/C14H10O5/c15-12-10(8-4-2-1-3-5-8)6-9(13(16)17)7-11(12)14(18)19/h1-7,15H,(H,16,17)(H,18,19). The number of benzene rings is 2. The summed E-state index contributed by atoms with van der Waals surface area (Å²) in [6.45, 7) is 0. The molecule has 96 valence electrons. The smallest absolute Gasteiger partial charge is 0.339 e. The molecule has 0 aliphatic heterocycles. The van der Waals surface area contributed by atoms with Crippen molar-refractivity contribution >= 4 is 11.9 Å². The van der Waals surface area contributed by atoms with E-state index in [0.29, 0.717) is 5.56 Å². The maximum absolute atomic E-state index is 11.0. The minimum atomic E-state index is -1.38. The molecule has 0 aliphatic carbocycles. The Labute approximate surface area is 108 Å². The van der Waals surface area contributed by atoms with Crippen molar-refractivity contribution < 1.29 is 24.9 Å². The van der Waals surface area contributed by atoms with Crippen LogP contribution in [0.3, 0.4) is 0 Å². The molecule has 2 aromatic rings. The number of carboxylic acids is 2. The molecular weight excluding hydrogens is 248 g/mol. The van der Waals surface area contributed by atoms with Crippen LogP contribution in [0.5, 0.6) is 5.75 Å². The number of phenols is 1. The molecule has 0 saturated heterocycles. The van der Waals surface area contributed by atoms with Gasteiger partial charge in [0, 0.05) is 5.56 Å². The highest BCUT2D eigenvalue weighted by molar-refractivity contribution is 5.99. The number of hydrogen-bond donors (Lipinski definition) is 3. The van der Waals surface area contributed by atoms with Crippen LogP contribution in [0.4, 0.5) is 0 Å². The third-order valence-electron chi connectivity index (χ3n) is 2.67. The van der Waals surface area contributed by atoms with Crippen molar-refractivity contribution in [2.75, 3.05) is 0 Å². The minimum absolute atomic E-state index is 0.179. The first-order valence-corrected chi connectivity index (χ1v) is 5.39. The molecule has 5 nitrogen and oxygen atoms in total. The Kier molecular flexibility index (Phi) is 3.20. The lowest BCUT2D eigenvalue weighted by atomic mass is 9.98. The van der Waals surface area contributed by atoms with Crippen LogP contribution in [0.1, 0.15) is 20.7 Å². The fourth-order valence-electron chi connectivity index (χ4n) is 1.76. The van der Waals surface area contributed by atoms with Crippen LogP contribution in [0.2, 0.25) is 0 Å². The van der Waals surface area contributed by atoms with Crippen molar-refractivity contribution in [1.29, 1.82) is 0 Å². The molecule has 0 unspecified atom stereocenters. The van der Waals surface area contributed by atoms with Gasteiger partial charge in [-0.25, -0.2) is 9.59 Å². The van der Waals surface area contributed by atoms with E-state index >= 15 is 0 Å². The molecule has 0 aromatic heterocycles. The molecular formula is C14H10O5. The molecule has 0 radical (unpaired) electrons. The van der Waals surface area contributed by atoms with Gasteiger partial charge in [-0.3, -0.25) is 0 Å². The van der Waals surface area contributed by atoms with Crippen LogP contribution < -0.4 is 0 Å². The first kappa shape index (κ1) is 12.6. The van der Waals surface area contributed by atoms with E-state index < -0.39 is 23.3 Å². The Balaban J connectivity index is 2.73. The van der Waals surface area contributed by atoms with Crippen molar-refractivity contribution in [3.8, 4) is 16.9 Å². The Morgan fingerprint density at radius 2 is 1.53 bits per heavy atom. The Morgan fingerprint density at radius 3 is 2.05 bits per heavy atom. The number of aromatic hydroxyl groups is 1. The summed E-state index contributed by atoms with van der Waals surface area (Å²) in [5, 5.41) is 27.9. The molecule has 0 amide bonds. The van der Waals surface area contributed by atoms with Crippen molar-refractivity contribution in [3.63, 3.8) is 0 Å². The maximum atomic E-state index is 11.0. The predicted octanol–water partition coefficient (Wildman–Crippen LogP) is 2.46. The maximum Gasteiger partial charge on any atom is 0.339 e. The number of carbonyl (C=O) groups is 2. The third kappa shape index (κ3) is 2.40. The summed E-state index contributed by atoms with van der Waals surface area (Å²) >= 11 is 0. The predicted molar refractivity (Wildman–Crippen MR) is 67.5 cm³/mol. The zero-order valence-corrected chi connectivity index (χ0v) is 9.70. The van der Waals surface area contributed by atoms with Gasteiger partial charge < -0.3 is 15.3 Å². The van der Waals surface area contributed by atoms with E-state index in [1.807, 2.05) is 0 Å². The molecule has 0 saturated carbocycles. The average molecular weight is 258 g/mol. The Hall–Kier alpha value is -2.82. The molecule has 0 aliphatic rings. The second-order valence-electron chi connectivity index (χ2n) is 3.90. The Morgan fingerprint density at radius 1 is 0.895 bits per heavy atom. The summed E-state index contributed by atoms with van der Waals surface area (Å²) in [7, 11) is 0. The molecule has 5 heteroatoms. The lowest BCUT2D eigenvalue weighted by molar-refractivity contribution is 0.0693. The van der Waals surface area contributed by atoms with Crippen molar-refractivity contribution in [1.82, 2.24) is 0 Å². The molecule has 0 atom stereocenters. The zero-order valence-electron chi connectivity index (χ0n) is 9.70. The zero-order chi connectivity index (χ0) is 14.0. The second kappa shape index (κ2) is 4.81. The van der Waals surface area contributed by atoms with Crippen LogP contribution in [0, 0.1) is 0 Å². The fraction of sp³-hybridized carbons (Fsp3) is 0. The van der Waals surface area contributed by atoms with E-state index in [4.69, 9.17) is 10.2 Å². The number of aromatic carboxylic acids is 2. The van der Waals surface area contributed by atoms with Gasteiger partial charge >= 0.3 is 11.9 Å². The molecule has 0 fully saturated rings. The quantitative estimate of drug-likeness (QED) is 0.786. The van der Waals surface area contributed by atoms with Gasteiger partial charge in [0.15, 0.2) is 0 Å². The van der Waals surface area contributed by atoms with E-state index in [1.54, 1.807) is 30.3 Å². The van der Waals surface area contributed by atoms with E-state index in [-0.39, 0.29) is 11.1 Å². The number of hydrogen-bond acceptors (Lipinski definition) is 3. The summed E-state index contributed by atoms with van der Waals surface area (Å²) in [4.78, 5) is 22.0. The summed E-state index contributed by atoms with van der Waals surface area (Å²) < 4.78 is 0. The van der Waals surface area contributed by atoms with Gasteiger partial charge in [0.2, 0.25) is 0 Å². The molecule has 0 spiro atoms. The lowest BCUT2D eigenvalue weighted by Gasteiger charge is -2.09. The molecule has 19 heavy (non-hydrogen) atoms. The van der Waals surface area contributed by atoms with E-state index in [9.17, 15) is 14.7 Å². The lowest BCUT2D eigenvalue weighted by Crippen LogP contribution is -2.03. The van der Waals surface area contributed by atoms with Crippen LogP contribution in [-0.4, -0.2) is 27.3 Å². The summed E-state index contributed by atoms with van der Waals surface area (Å²) in [5.41, 5.74) is 0.108. The Bertz CT molecular complexity index is 646. The third-order valence-corrected chi connectivity index (χ3v) is 2.67. The second-order valence-corrected chi connectivity index (χ2v) is 3.90. The van der Waals surface area contributed by atoms with Crippen molar-refractivity contribution in [2.24, 2.45) is 0 Å². The van der Waals surface area contributed by atoms with Crippen molar-refractivity contribution in [2.45, 2.75) is 0 Å². The minimum Gasteiger partial charge on any atom is -0.506 e. The first-order chi connectivity index (χ1) is 9.00. The summed E-state index contributed by atoms with van der Waals surface area (Å²) in [5.74, 6) is -3.07. The largest absolute Gasteiger partial charge is 0.506 e. The van der Waals surface area contributed by atoms with Crippen molar-refractivity contribution in [3.05, 3.63) is 53.6 Å². The van der Waals surface area contributed by atoms with Crippen LogP contribution >= 0.6 is 0 Å². The number of rotatable bonds is 3. The number of carboxylic acid groups (broad SMARTS) is 2. The molecule has 0 heterocycles. The van der Waals surface area contributed by atoms with Crippen LogP contribution in [0.25, 0.3) is 11.1 Å². The van der Waals surface area contributed by atoms with Crippen LogP contribution in [0.15, 0.2) is 42.5 Å². The van der Waals surface area contributed by atoms with Gasteiger partial charge in [0.25, 0.3) is 0 Å². The summed E-state index contributed by atoms with van der Waals surface area (Å²) in [6, 6.07) is 10.7. The molecule has 2 aromatic carbocycles. The first-order valence-electron chi connectivity index (χ1n) is 5.39. The SMILES string of the molecule is O=C(O)c1cc(C(=O)O)c(O)c(-c2ccccc2)c1. The summed E-state index contributed by atoms with van der Waals surface area (Å²) in [6.07, 6.45) is 0. The fourth-order valence-corrected chi connectivity index (χ4v) is 1.76. The highest BCUT2D eigenvalue weighted by Crippen LogP contribution is 2.33. The van der Waals surface area contributed by atoms with E-state index in [0.717, 1.165) is 6.07 Å². The van der Waals surface area contributed by atoms with Gasteiger partial charge in [-0.1, -0.05) is 30.3 Å². The monoisotopic (exact) mass is 258 g/mol. The highest BCUT2D eigenvalue weighted by Gasteiger charge is 2.18.